The Morgan fingerprint density at radius 3 is 2.96 bits per heavy atom. The summed E-state index contributed by atoms with van der Waals surface area (Å²) in [4.78, 5) is 6.73. The lowest BCUT2D eigenvalue weighted by Crippen LogP contribution is -2.34. The SMILES string of the molecule is Cc1nnn2c1CC1C3N(C=NC13/C(N)=N/O)c1ccccc1-2. The summed E-state index contributed by atoms with van der Waals surface area (Å²) in [7, 11) is 0. The van der Waals surface area contributed by atoms with Crippen LogP contribution in [-0.4, -0.2) is 44.0 Å². The van der Waals surface area contributed by atoms with Gasteiger partial charge in [0.1, 0.15) is 5.54 Å². The second kappa shape index (κ2) is 3.89. The fourth-order valence-corrected chi connectivity index (χ4v) is 4.07. The van der Waals surface area contributed by atoms with Gasteiger partial charge in [0.05, 0.1) is 35.1 Å². The number of anilines is 1. The third kappa shape index (κ3) is 1.32. The van der Waals surface area contributed by atoms with Gasteiger partial charge in [-0.3, -0.25) is 4.99 Å². The number of benzene rings is 1. The molecule has 2 aromatic rings. The summed E-state index contributed by atoms with van der Waals surface area (Å²) in [5.74, 6) is 0.315. The smallest absolute Gasteiger partial charge is 0.169 e. The number of rotatable bonds is 1. The number of para-hydroxylation sites is 2. The van der Waals surface area contributed by atoms with Gasteiger partial charge in [0.15, 0.2) is 5.84 Å². The highest BCUT2D eigenvalue weighted by molar-refractivity contribution is 6.04. The van der Waals surface area contributed by atoms with Crippen LogP contribution in [0.3, 0.4) is 0 Å². The van der Waals surface area contributed by atoms with Crippen LogP contribution in [0, 0.1) is 12.8 Å². The summed E-state index contributed by atoms with van der Waals surface area (Å²) in [5.41, 5.74) is 9.26. The van der Waals surface area contributed by atoms with Gasteiger partial charge >= 0.3 is 0 Å². The van der Waals surface area contributed by atoms with Crippen LogP contribution in [0.15, 0.2) is 34.4 Å². The molecule has 3 atom stereocenters. The minimum atomic E-state index is -0.645. The van der Waals surface area contributed by atoms with Crippen molar-refractivity contribution < 1.29 is 5.21 Å². The molecule has 1 aromatic carbocycles. The van der Waals surface area contributed by atoms with E-state index in [1.165, 1.54) is 0 Å². The third-order valence-corrected chi connectivity index (χ3v) is 5.26. The molecule has 0 saturated heterocycles. The number of nitrogens with two attached hydrogens (primary N) is 1. The van der Waals surface area contributed by atoms with Crippen molar-refractivity contribution in [1.29, 1.82) is 0 Å². The molecule has 3 heterocycles. The van der Waals surface area contributed by atoms with Crippen molar-refractivity contribution in [3.63, 3.8) is 0 Å². The van der Waals surface area contributed by atoms with Crippen LogP contribution < -0.4 is 10.6 Å². The topological polar surface area (TPSA) is 105 Å². The first-order chi connectivity index (χ1) is 11.2. The van der Waals surface area contributed by atoms with Gasteiger partial charge in [0.2, 0.25) is 0 Å². The van der Waals surface area contributed by atoms with E-state index in [2.05, 4.69) is 25.4 Å². The van der Waals surface area contributed by atoms with Crippen LogP contribution in [0.25, 0.3) is 5.69 Å². The van der Waals surface area contributed by atoms with Crippen LogP contribution in [0.5, 0.6) is 0 Å². The number of fused-ring (bicyclic) bond motifs is 5. The Labute approximate surface area is 131 Å². The minimum absolute atomic E-state index is 0.0719. The Kier molecular flexibility index (Phi) is 2.14. The molecule has 1 saturated carbocycles. The molecular weight excluding hydrogens is 294 g/mol. The molecule has 116 valence electrons. The summed E-state index contributed by atoms with van der Waals surface area (Å²) < 4.78 is 1.89. The van der Waals surface area contributed by atoms with Crippen LogP contribution in [0.4, 0.5) is 5.69 Å². The molecule has 0 radical (unpaired) electrons. The number of nitrogens with zero attached hydrogens (tertiary/aromatic N) is 6. The maximum atomic E-state index is 9.19. The highest BCUT2D eigenvalue weighted by Gasteiger charge is 2.73. The van der Waals surface area contributed by atoms with E-state index in [1.54, 1.807) is 6.34 Å². The van der Waals surface area contributed by atoms with Crippen molar-refractivity contribution in [2.45, 2.75) is 24.9 Å². The molecule has 0 spiro atoms. The number of hydrogen-bond donors (Lipinski definition) is 2. The van der Waals surface area contributed by atoms with E-state index in [-0.39, 0.29) is 17.8 Å². The van der Waals surface area contributed by atoms with Gasteiger partial charge in [-0.05, 0) is 25.5 Å². The second-order valence-corrected chi connectivity index (χ2v) is 6.24. The van der Waals surface area contributed by atoms with E-state index in [0.717, 1.165) is 29.2 Å². The summed E-state index contributed by atoms with van der Waals surface area (Å²) in [6.45, 7) is 1.96. The van der Waals surface area contributed by atoms with Gasteiger partial charge in [-0.15, -0.1) is 5.10 Å². The number of oxime groups is 1. The molecule has 1 fully saturated rings. The first kappa shape index (κ1) is 12.6. The zero-order chi connectivity index (χ0) is 15.8. The van der Waals surface area contributed by atoms with Crippen molar-refractivity contribution in [2.24, 2.45) is 21.8 Å². The van der Waals surface area contributed by atoms with Gasteiger partial charge in [-0.25, -0.2) is 4.68 Å². The van der Waals surface area contributed by atoms with Gasteiger partial charge in [0, 0.05) is 5.92 Å². The lowest BCUT2D eigenvalue weighted by molar-refractivity contribution is 0.315. The minimum Gasteiger partial charge on any atom is -0.409 e. The van der Waals surface area contributed by atoms with Crippen LogP contribution in [0.1, 0.15) is 11.4 Å². The predicted octanol–water partition coefficient (Wildman–Crippen LogP) is 0.464. The quantitative estimate of drug-likeness (QED) is 0.345. The van der Waals surface area contributed by atoms with Crippen molar-refractivity contribution in [3.05, 3.63) is 35.7 Å². The average Bonchev–Trinajstić information content (AvgIpc) is 2.85. The molecule has 3 aliphatic rings. The largest absolute Gasteiger partial charge is 0.409 e. The summed E-state index contributed by atoms with van der Waals surface area (Å²) in [6, 6.07) is 8.09. The first-order valence-electron chi connectivity index (χ1n) is 7.50. The fraction of sp³-hybridized carbons (Fsp3) is 0.333. The molecule has 8 heteroatoms. The van der Waals surface area contributed by atoms with E-state index in [4.69, 9.17) is 5.73 Å². The molecule has 0 amide bonds. The molecule has 3 N–H and O–H groups in total. The zero-order valence-electron chi connectivity index (χ0n) is 12.5. The lowest BCUT2D eigenvalue weighted by atomic mass is 10.1. The third-order valence-electron chi connectivity index (χ3n) is 5.26. The predicted molar refractivity (Wildman–Crippen MR) is 84.2 cm³/mol. The van der Waals surface area contributed by atoms with Gasteiger partial charge in [-0.2, -0.15) is 0 Å². The molecule has 5 rings (SSSR count). The van der Waals surface area contributed by atoms with Crippen molar-refractivity contribution in [2.75, 3.05) is 4.90 Å². The highest BCUT2D eigenvalue weighted by Crippen LogP contribution is 2.57. The Bertz CT molecular complexity index is 886. The lowest BCUT2D eigenvalue weighted by Gasteiger charge is -2.23. The molecule has 1 aliphatic carbocycles. The number of hydrogen-bond acceptors (Lipinski definition) is 6. The van der Waals surface area contributed by atoms with Crippen LogP contribution >= 0.6 is 0 Å². The van der Waals surface area contributed by atoms with Crippen molar-refractivity contribution in [1.82, 2.24) is 15.0 Å². The van der Waals surface area contributed by atoms with Gasteiger partial charge in [0.25, 0.3) is 0 Å². The highest BCUT2D eigenvalue weighted by atomic mass is 16.4. The zero-order valence-corrected chi connectivity index (χ0v) is 12.5. The molecule has 23 heavy (non-hydrogen) atoms. The monoisotopic (exact) mass is 309 g/mol. The molecular formula is C15H15N7O. The van der Waals surface area contributed by atoms with E-state index >= 15 is 0 Å². The number of aliphatic imine (C=N–C) groups is 1. The molecule has 1 aromatic heterocycles. The summed E-state index contributed by atoms with van der Waals surface area (Å²) in [6.07, 6.45) is 2.52. The Balaban J connectivity index is 1.77. The van der Waals surface area contributed by atoms with Crippen molar-refractivity contribution in [3.8, 4) is 5.69 Å². The van der Waals surface area contributed by atoms with Crippen LogP contribution in [0.2, 0.25) is 0 Å². The number of aromatic nitrogens is 3. The van der Waals surface area contributed by atoms with Crippen LogP contribution in [-0.2, 0) is 6.42 Å². The van der Waals surface area contributed by atoms with E-state index in [0.29, 0.717) is 0 Å². The average molecular weight is 309 g/mol. The molecule has 8 nitrogen and oxygen atoms in total. The standard InChI is InChI=1S/C15H15N7O/c1-8-12-6-9-13-15(9,14(16)19-23)17-7-21(13)10-4-2-3-5-11(10)22(12)20-18-8/h2-5,7,9,13,23H,6H2,1H3,(H2,16,19). The normalized spacial score (nSPS) is 30.3. The van der Waals surface area contributed by atoms with Gasteiger partial charge in [-0.1, -0.05) is 22.5 Å². The fourth-order valence-electron chi connectivity index (χ4n) is 4.07. The van der Waals surface area contributed by atoms with E-state index in [1.807, 2.05) is 35.9 Å². The Hall–Kier alpha value is -2.90. The van der Waals surface area contributed by atoms with E-state index in [9.17, 15) is 5.21 Å². The number of amidine groups is 1. The van der Waals surface area contributed by atoms with E-state index < -0.39 is 5.54 Å². The maximum Gasteiger partial charge on any atom is 0.169 e. The Morgan fingerprint density at radius 1 is 1.39 bits per heavy atom. The summed E-state index contributed by atoms with van der Waals surface area (Å²) >= 11 is 0. The van der Waals surface area contributed by atoms with Gasteiger partial charge < -0.3 is 15.8 Å². The molecule has 0 bridgehead atoms. The first-order valence-corrected chi connectivity index (χ1v) is 7.50. The van der Waals surface area contributed by atoms with Crippen molar-refractivity contribution >= 4 is 17.9 Å². The second-order valence-electron chi connectivity index (χ2n) is 6.24. The summed E-state index contributed by atoms with van der Waals surface area (Å²) in [5, 5.41) is 21.0. The maximum absolute atomic E-state index is 9.19. The number of aryl methyl sites for hydroxylation is 1. The molecule has 2 aliphatic heterocycles. The Morgan fingerprint density at radius 2 is 2.17 bits per heavy atom. The molecule has 3 unspecified atom stereocenters.